The molecule has 1 aliphatic rings. The summed E-state index contributed by atoms with van der Waals surface area (Å²) in [7, 11) is -3.17. The number of rotatable bonds is 6. The minimum absolute atomic E-state index is 0.163. The summed E-state index contributed by atoms with van der Waals surface area (Å²) in [5.41, 5.74) is 1.06. The van der Waals surface area contributed by atoms with Crippen molar-refractivity contribution in [2.75, 3.05) is 25.4 Å². The minimum Gasteiger partial charge on any atom is -0.316 e. The van der Waals surface area contributed by atoms with Gasteiger partial charge in [0.05, 0.1) is 5.75 Å². The molecule has 0 bridgehead atoms. The molecule has 112 valence electrons. The Bertz CT molecular complexity index is 502. The van der Waals surface area contributed by atoms with E-state index in [9.17, 15) is 8.42 Å². The zero-order valence-electron chi connectivity index (χ0n) is 12.0. The van der Waals surface area contributed by atoms with Crippen molar-refractivity contribution in [1.29, 1.82) is 0 Å². The molecule has 1 fully saturated rings. The fraction of sp³-hybridized carbons (Fsp3) is 0.600. The molecule has 0 aromatic heterocycles. The Labute approximate surface area is 122 Å². The highest BCUT2D eigenvalue weighted by Crippen LogP contribution is 2.17. The number of sulfonamides is 1. The molecular formula is C15H24N2O2S. The molecule has 1 aliphatic heterocycles. The first-order chi connectivity index (χ1) is 9.57. The van der Waals surface area contributed by atoms with Crippen LogP contribution >= 0.6 is 0 Å². The second-order valence-electron chi connectivity index (χ2n) is 5.63. The molecule has 2 N–H and O–H groups in total. The van der Waals surface area contributed by atoms with Crippen molar-refractivity contribution < 1.29 is 8.42 Å². The van der Waals surface area contributed by atoms with Gasteiger partial charge in [-0.3, -0.25) is 0 Å². The SMILES string of the molecule is CC1CNCCC1CNS(=O)(=O)CCc1ccccc1. The minimum atomic E-state index is -3.17. The summed E-state index contributed by atoms with van der Waals surface area (Å²) in [6.07, 6.45) is 1.61. The maximum absolute atomic E-state index is 12.0. The topological polar surface area (TPSA) is 58.2 Å². The Kier molecular flexibility index (Phi) is 5.57. The molecule has 1 heterocycles. The highest BCUT2D eigenvalue weighted by Gasteiger charge is 2.22. The molecule has 4 nitrogen and oxygen atoms in total. The fourth-order valence-corrected chi connectivity index (χ4v) is 3.69. The van der Waals surface area contributed by atoms with Crippen molar-refractivity contribution in [2.45, 2.75) is 19.8 Å². The Hall–Kier alpha value is -0.910. The maximum atomic E-state index is 12.0. The van der Waals surface area contributed by atoms with E-state index in [1.807, 2.05) is 30.3 Å². The quantitative estimate of drug-likeness (QED) is 0.834. The summed E-state index contributed by atoms with van der Waals surface area (Å²) in [6, 6.07) is 9.74. The van der Waals surface area contributed by atoms with E-state index in [0.29, 0.717) is 24.8 Å². The van der Waals surface area contributed by atoms with Crippen molar-refractivity contribution in [2.24, 2.45) is 11.8 Å². The lowest BCUT2D eigenvalue weighted by Gasteiger charge is -2.29. The molecule has 20 heavy (non-hydrogen) atoms. The molecule has 2 rings (SSSR count). The van der Waals surface area contributed by atoms with Crippen molar-refractivity contribution in [3.05, 3.63) is 35.9 Å². The molecule has 0 spiro atoms. The van der Waals surface area contributed by atoms with Crippen molar-refractivity contribution in [1.82, 2.24) is 10.0 Å². The highest BCUT2D eigenvalue weighted by atomic mass is 32.2. The van der Waals surface area contributed by atoms with E-state index in [4.69, 9.17) is 0 Å². The predicted octanol–water partition coefficient (Wildman–Crippen LogP) is 1.39. The predicted molar refractivity (Wildman–Crippen MR) is 82.1 cm³/mol. The molecule has 5 heteroatoms. The highest BCUT2D eigenvalue weighted by molar-refractivity contribution is 7.89. The zero-order chi connectivity index (χ0) is 14.4. The van der Waals surface area contributed by atoms with Gasteiger partial charge in [-0.05, 0) is 43.3 Å². The number of benzene rings is 1. The van der Waals surface area contributed by atoms with Gasteiger partial charge in [-0.1, -0.05) is 37.3 Å². The van der Waals surface area contributed by atoms with Gasteiger partial charge in [0.2, 0.25) is 10.0 Å². The summed E-state index contributed by atoms with van der Waals surface area (Å²) in [5, 5.41) is 3.33. The fourth-order valence-electron chi connectivity index (χ4n) is 2.57. The Morgan fingerprint density at radius 3 is 2.75 bits per heavy atom. The Morgan fingerprint density at radius 1 is 1.30 bits per heavy atom. The molecule has 1 aromatic carbocycles. The first kappa shape index (κ1) is 15.5. The van der Waals surface area contributed by atoms with Gasteiger partial charge >= 0.3 is 0 Å². The zero-order valence-corrected chi connectivity index (χ0v) is 12.8. The molecule has 2 atom stereocenters. The van der Waals surface area contributed by atoms with E-state index >= 15 is 0 Å². The van der Waals surface area contributed by atoms with Gasteiger partial charge in [0.25, 0.3) is 0 Å². The summed E-state index contributed by atoms with van der Waals surface area (Å²) >= 11 is 0. The Morgan fingerprint density at radius 2 is 2.05 bits per heavy atom. The monoisotopic (exact) mass is 296 g/mol. The van der Waals surface area contributed by atoms with Crippen LogP contribution in [-0.2, 0) is 16.4 Å². The van der Waals surface area contributed by atoms with Gasteiger partial charge in [-0.2, -0.15) is 0 Å². The van der Waals surface area contributed by atoms with Crippen LogP contribution in [0.3, 0.4) is 0 Å². The van der Waals surface area contributed by atoms with Crippen LogP contribution in [-0.4, -0.2) is 33.8 Å². The normalized spacial score (nSPS) is 23.6. The van der Waals surface area contributed by atoms with Crippen molar-refractivity contribution >= 4 is 10.0 Å². The lowest BCUT2D eigenvalue weighted by atomic mass is 9.88. The van der Waals surface area contributed by atoms with Crippen LogP contribution in [0.15, 0.2) is 30.3 Å². The average molecular weight is 296 g/mol. The average Bonchev–Trinajstić information content (AvgIpc) is 2.46. The van der Waals surface area contributed by atoms with Gasteiger partial charge in [0.15, 0.2) is 0 Å². The van der Waals surface area contributed by atoms with Crippen LogP contribution in [0.5, 0.6) is 0 Å². The first-order valence-electron chi connectivity index (χ1n) is 7.29. The van der Waals surface area contributed by atoms with E-state index in [0.717, 1.165) is 25.1 Å². The van der Waals surface area contributed by atoms with Crippen LogP contribution in [0.4, 0.5) is 0 Å². The van der Waals surface area contributed by atoms with E-state index in [1.54, 1.807) is 0 Å². The molecule has 0 amide bonds. The largest absolute Gasteiger partial charge is 0.316 e. The van der Waals surface area contributed by atoms with Crippen LogP contribution < -0.4 is 10.0 Å². The van der Waals surface area contributed by atoms with Gasteiger partial charge in [-0.15, -0.1) is 0 Å². The first-order valence-corrected chi connectivity index (χ1v) is 8.94. The molecule has 0 saturated carbocycles. The number of aryl methyl sites for hydroxylation is 1. The number of hydrogen-bond acceptors (Lipinski definition) is 3. The van der Waals surface area contributed by atoms with Crippen LogP contribution in [0.25, 0.3) is 0 Å². The molecule has 1 aromatic rings. The third-order valence-corrected chi connectivity index (χ3v) is 5.38. The van der Waals surface area contributed by atoms with Crippen molar-refractivity contribution in [3.8, 4) is 0 Å². The lowest BCUT2D eigenvalue weighted by Crippen LogP contribution is -2.41. The van der Waals surface area contributed by atoms with E-state index in [2.05, 4.69) is 17.0 Å². The number of nitrogens with one attached hydrogen (secondary N) is 2. The molecule has 2 unspecified atom stereocenters. The third kappa shape index (κ3) is 4.89. The van der Waals surface area contributed by atoms with E-state index in [1.165, 1.54) is 0 Å². The summed E-state index contributed by atoms with van der Waals surface area (Å²) < 4.78 is 26.8. The van der Waals surface area contributed by atoms with Gasteiger partial charge in [0.1, 0.15) is 0 Å². The van der Waals surface area contributed by atoms with Gasteiger partial charge in [0, 0.05) is 6.54 Å². The number of hydrogen-bond donors (Lipinski definition) is 2. The molecule has 0 aliphatic carbocycles. The van der Waals surface area contributed by atoms with Crippen LogP contribution in [0.2, 0.25) is 0 Å². The van der Waals surface area contributed by atoms with E-state index < -0.39 is 10.0 Å². The summed E-state index contributed by atoms with van der Waals surface area (Å²) in [6.45, 7) is 4.71. The van der Waals surface area contributed by atoms with Gasteiger partial charge < -0.3 is 5.32 Å². The maximum Gasteiger partial charge on any atom is 0.211 e. The Balaban J connectivity index is 1.79. The molecule has 1 saturated heterocycles. The third-order valence-electron chi connectivity index (χ3n) is 4.03. The lowest BCUT2D eigenvalue weighted by molar-refractivity contribution is 0.274. The van der Waals surface area contributed by atoms with Crippen LogP contribution in [0, 0.1) is 11.8 Å². The summed E-state index contributed by atoms with van der Waals surface area (Å²) in [4.78, 5) is 0. The second-order valence-corrected chi connectivity index (χ2v) is 7.56. The summed E-state index contributed by atoms with van der Waals surface area (Å²) in [5.74, 6) is 1.14. The van der Waals surface area contributed by atoms with E-state index in [-0.39, 0.29) is 5.75 Å². The van der Waals surface area contributed by atoms with Crippen molar-refractivity contribution in [3.63, 3.8) is 0 Å². The van der Waals surface area contributed by atoms with Gasteiger partial charge in [-0.25, -0.2) is 13.1 Å². The standard InChI is InChI=1S/C15H24N2O2S/c1-13-11-16-9-7-15(13)12-17-20(18,19)10-8-14-5-3-2-4-6-14/h2-6,13,15-17H,7-12H2,1H3. The van der Waals surface area contributed by atoms with Crippen LogP contribution in [0.1, 0.15) is 18.9 Å². The smallest absolute Gasteiger partial charge is 0.211 e. The number of piperidine rings is 1. The second kappa shape index (κ2) is 7.20. The molecule has 0 radical (unpaired) electrons. The molecular weight excluding hydrogens is 272 g/mol.